The number of pyridine rings is 1. The van der Waals surface area contributed by atoms with Crippen LogP contribution in [0.25, 0.3) is 10.8 Å². The van der Waals surface area contributed by atoms with Crippen molar-refractivity contribution in [2.45, 2.75) is 37.9 Å². The molecular weight excluding hydrogens is 424 g/mol. The first kappa shape index (κ1) is 21.0. The lowest BCUT2D eigenvalue weighted by molar-refractivity contribution is 0.101. The van der Waals surface area contributed by atoms with Crippen molar-refractivity contribution >= 4 is 22.5 Å². The van der Waals surface area contributed by atoms with Gasteiger partial charge in [0, 0.05) is 49.6 Å². The Balaban J connectivity index is 1.22. The molecular formula is C22H24N8O3. The first-order valence-electron chi connectivity index (χ1n) is 10.7. The van der Waals surface area contributed by atoms with E-state index in [1.807, 2.05) is 12.1 Å². The smallest absolute Gasteiger partial charge is 0.275 e. The van der Waals surface area contributed by atoms with Crippen LogP contribution < -0.4 is 10.1 Å². The SMILES string of the molecule is COCc1cc(C(=O)Nc2cc([C@@H]3CC[C@H](Oc4nncc5cnccc45)C3)[nH]n2)n(C)n1. The Morgan fingerprint density at radius 3 is 3.09 bits per heavy atom. The zero-order valence-electron chi connectivity index (χ0n) is 18.4. The third-order valence-corrected chi connectivity index (χ3v) is 5.82. The van der Waals surface area contributed by atoms with E-state index in [1.165, 1.54) is 4.68 Å². The number of aromatic nitrogens is 7. The van der Waals surface area contributed by atoms with Crippen LogP contribution >= 0.6 is 0 Å². The second kappa shape index (κ2) is 8.94. The molecule has 0 aromatic carbocycles. The highest BCUT2D eigenvalue weighted by molar-refractivity contribution is 6.02. The number of hydrogen-bond donors (Lipinski definition) is 2. The van der Waals surface area contributed by atoms with E-state index >= 15 is 0 Å². The minimum absolute atomic E-state index is 0.0260. The van der Waals surface area contributed by atoms with E-state index in [2.05, 4.69) is 35.8 Å². The molecule has 170 valence electrons. The van der Waals surface area contributed by atoms with Gasteiger partial charge in [0.05, 0.1) is 23.9 Å². The van der Waals surface area contributed by atoms with Crippen molar-refractivity contribution in [3.8, 4) is 5.88 Å². The maximum Gasteiger partial charge on any atom is 0.275 e. The Morgan fingerprint density at radius 1 is 1.30 bits per heavy atom. The topological polar surface area (TPSA) is 133 Å². The molecule has 4 aromatic rings. The number of amides is 1. The molecule has 2 atom stereocenters. The summed E-state index contributed by atoms with van der Waals surface area (Å²) in [5, 5.41) is 24.4. The number of H-pyrrole nitrogens is 1. The molecule has 0 unspecified atom stereocenters. The second-order valence-corrected chi connectivity index (χ2v) is 8.10. The van der Waals surface area contributed by atoms with Crippen LogP contribution in [0, 0.1) is 0 Å². The summed E-state index contributed by atoms with van der Waals surface area (Å²) < 4.78 is 12.8. The quantitative estimate of drug-likeness (QED) is 0.441. The molecule has 0 bridgehead atoms. The van der Waals surface area contributed by atoms with Gasteiger partial charge < -0.3 is 14.8 Å². The summed E-state index contributed by atoms with van der Waals surface area (Å²) in [7, 11) is 3.31. The summed E-state index contributed by atoms with van der Waals surface area (Å²) in [6.07, 6.45) is 7.83. The summed E-state index contributed by atoms with van der Waals surface area (Å²) in [4.78, 5) is 16.8. The fourth-order valence-corrected chi connectivity index (χ4v) is 4.22. The fraction of sp³-hybridized carbons (Fsp3) is 0.364. The average Bonchev–Trinajstić information content (AvgIpc) is 3.55. The van der Waals surface area contributed by atoms with Gasteiger partial charge in [-0.1, -0.05) is 0 Å². The molecule has 0 spiro atoms. The lowest BCUT2D eigenvalue weighted by Gasteiger charge is -2.13. The molecule has 2 N–H and O–H groups in total. The Labute approximate surface area is 189 Å². The van der Waals surface area contributed by atoms with Crippen LogP contribution in [-0.4, -0.2) is 54.3 Å². The molecule has 1 fully saturated rings. The van der Waals surface area contributed by atoms with E-state index < -0.39 is 0 Å². The van der Waals surface area contributed by atoms with Crippen LogP contribution in [0.3, 0.4) is 0 Å². The van der Waals surface area contributed by atoms with Crippen LogP contribution in [0.1, 0.15) is 47.1 Å². The number of nitrogens with one attached hydrogen (secondary N) is 2. The largest absolute Gasteiger partial charge is 0.473 e. The lowest BCUT2D eigenvalue weighted by atomic mass is 10.0. The molecule has 5 rings (SSSR count). The monoisotopic (exact) mass is 448 g/mol. The highest BCUT2D eigenvalue weighted by Crippen LogP contribution is 2.37. The number of methoxy groups -OCH3 is 1. The van der Waals surface area contributed by atoms with Crippen LogP contribution in [-0.2, 0) is 18.4 Å². The number of fused-ring (bicyclic) bond motifs is 1. The third-order valence-electron chi connectivity index (χ3n) is 5.82. The number of carbonyl (C=O) groups is 1. The molecule has 1 aliphatic rings. The normalized spacial score (nSPS) is 18.0. The number of anilines is 1. The van der Waals surface area contributed by atoms with Gasteiger partial charge in [0.25, 0.3) is 5.91 Å². The zero-order chi connectivity index (χ0) is 22.8. The number of carbonyl (C=O) groups excluding carboxylic acids is 1. The van der Waals surface area contributed by atoms with Gasteiger partial charge in [0.2, 0.25) is 5.88 Å². The van der Waals surface area contributed by atoms with Crippen LogP contribution in [0.4, 0.5) is 5.82 Å². The first-order valence-corrected chi connectivity index (χ1v) is 10.7. The van der Waals surface area contributed by atoms with E-state index in [1.54, 1.807) is 38.8 Å². The number of rotatable bonds is 7. The van der Waals surface area contributed by atoms with Crippen molar-refractivity contribution in [2.75, 3.05) is 12.4 Å². The van der Waals surface area contributed by atoms with Gasteiger partial charge in [-0.25, -0.2) is 0 Å². The van der Waals surface area contributed by atoms with Crippen molar-refractivity contribution in [1.29, 1.82) is 0 Å². The van der Waals surface area contributed by atoms with E-state index in [9.17, 15) is 4.79 Å². The van der Waals surface area contributed by atoms with Crippen LogP contribution in [0.2, 0.25) is 0 Å². The highest BCUT2D eigenvalue weighted by atomic mass is 16.5. The predicted molar refractivity (Wildman–Crippen MR) is 119 cm³/mol. The molecule has 0 saturated heterocycles. The number of hydrogen-bond acceptors (Lipinski definition) is 8. The van der Waals surface area contributed by atoms with Crippen molar-refractivity contribution < 1.29 is 14.3 Å². The van der Waals surface area contributed by atoms with E-state index in [4.69, 9.17) is 9.47 Å². The van der Waals surface area contributed by atoms with Gasteiger partial charge in [-0.2, -0.15) is 15.3 Å². The van der Waals surface area contributed by atoms with Crippen molar-refractivity contribution in [3.63, 3.8) is 0 Å². The maximum absolute atomic E-state index is 12.6. The lowest BCUT2D eigenvalue weighted by Crippen LogP contribution is -2.16. The molecule has 1 amide bonds. The Hall–Kier alpha value is -3.86. The molecule has 1 aliphatic carbocycles. The molecule has 4 heterocycles. The van der Waals surface area contributed by atoms with Crippen molar-refractivity contribution in [3.05, 3.63) is 53.9 Å². The number of aryl methyl sites for hydroxylation is 1. The van der Waals surface area contributed by atoms with Gasteiger partial charge in [-0.3, -0.25) is 19.6 Å². The minimum Gasteiger partial charge on any atom is -0.473 e. The van der Waals surface area contributed by atoms with Crippen molar-refractivity contribution in [2.24, 2.45) is 7.05 Å². The molecule has 1 saturated carbocycles. The highest BCUT2D eigenvalue weighted by Gasteiger charge is 2.29. The fourth-order valence-electron chi connectivity index (χ4n) is 4.22. The standard InChI is InChI=1S/C22H24N8O3/c1-30-19(8-15(29-30)12-32-2)21(31)25-20-9-18(26-27-20)13-3-4-16(7-13)33-22-17-5-6-23-10-14(17)11-24-28-22/h5-6,8-11,13,16H,3-4,7,12H2,1-2H3,(H2,25,26,27,31)/t13-,16+/m1/s1. The number of ether oxygens (including phenoxy) is 2. The molecule has 33 heavy (non-hydrogen) atoms. The second-order valence-electron chi connectivity index (χ2n) is 8.10. The summed E-state index contributed by atoms with van der Waals surface area (Å²) in [5.41, 5.74) is 2.10. The predicted octanol–water partition coefficient (Wildman–Crippen LogP) is 2.60. The van der Waals surface area contributed by atoms with Crippen LogP contribution in [0.5, 0.6) is 5.88 Å². The summed E-state index contributed by atoms with van der Waals surface area (Å²) in [5.74, 6) is 0.980. The summed E-state index contributed by atoms with van der Waals surface area (Å²) in [6, 6.07) is 5.47. The van der Waals surface area contributed by atoms with Gasteiger partial charge in [-0.05, 0) is 31.4 Å². The van der Waals surface area contributed by atoms with Gasteiger partial charge in [0.1, 0.15) is 11.8 Å². The molecule has 0 radical (unpaired) electrons. The first-order chi connectivity index (χ1) is 16.1. The number of aromatic amines is 1. The number of nitrogens with zero attached hydrogens (tertiary/aromatic N) is 6. The van der Waals surface area contributed by atoms with E-state index in [0.717, 1.165) is 35.7 Å². The van der Waals surface area contributed by atoms with Crippen molar-refractivity contribution in [1.82, 2.24) is 35.2 Å². The maximum atomic E-state index is 12.6. The Kier molecular flexibility index (Phi) is 5.69. The average molecular weight is 448 g/mol. The Bertz CT molecular complexity index is 1280. The Morgan fingerprint density at radius 2 is 2.21 bits per heavy atom. The molecule has 11 nitrogen and oxygen atoms in total. The summed E-state index contributed by atoms with van der Waals surface area (Å²) in [6.45, 7) is 0.347. The third kappa shape index (κ3) is 4.40. The van der Waals surface area contributed by atoms with E-state index in [-0.39, 0.29) is 17.9 Å². The summed E-state index contributed by atoms with van der Waals surface area (Å²) >= 11 is 0. The van der Waals surface area contributed by atoms with Crippen LogP contribution in [0.15, 0.2) is 36.8 Å². The van der Waals surface area contributed by atoms with Gasteiger partial charge in [0.15, 0.2) is 5.82 Å². The molecule has 4 aromatic heterocycles. The minimum atomic E-state index is -0.276. The van der Waals surface area contributed by atoms with Gasteiger partial charge >= 0.3 is 0 Å². The molecule has 11 heteroatoms. The van der Waals surface area contributed by atoms with Gasteiger partial charge in [-0.15, -0.1) is 5.10 Å². The molecule has 0 aliphatic heterocycles. The van der Waals surface area contributed by atoms with E-state index in [0.29, 0.717) is 29.7 Å². The zero-order valence-corrected chi connectivity index (χ0v) is 18.4.